The molecular formula is C30H33Cl3N4O8S. The van der Waals surface area contributed by atoms with Gasteiger partial charge in [0.05, 0.1) is 32.1 Å². The minimum atomic E-state index is -4.47. The maximum absolute atomic E-state index is 13.6. The molecule has 1 atom stereocenters. The number of hydrogen-bond acceptors (Lipinski definition) is 7. The van der Waals surface area contributed by atoms with Crippen molar-refractivity contribution in [3.05, 3.63) is 75.7 Å². The van der Waals surface area contributed by atoms with E-state index >= 15 is 0 Å². The minimum Gasteiger partial charge on any atom is -0.504 e. The molecule has 1 unspecified atom stereocenters. The first-order valence-corrected chi connectivity index (χ1v) is 16.5. The van der Waals surface area contributed by atoms with E-state index in [1.54, 1.807) is 57.2 Å². The average molecular weight is 716 g/mol. The number of ether oxygens (including phenoxy) is 1. The standard InChI is InChI=1S/C30H33Cl3N4O8S/c1-30(2,3)45-29(42)36-22(27(39)40)13-8-9-17-34-46(43,44)26-20(33)15-16-24(25(26)38)37(23-14-7-5-11-19(23)32)28(41)35-21-12-6-4-10-18(21)31/h4-7,10-12,14-16,22,34,38H,8-9,13,17H2,1-3H3,(H,35,41)(H,36,42)(H,39,40). The molecule has 0 saturated heterocycles. The number of halogens is 3. The largest absolute Gasteiger partial charge is 0.504 e. The lowest BCUT2D eigenvalue weighted by atomic mass is 10.1. The van der Waals surface area contributed by atoms with Gasteiger partial charge in [0.25, 0.3) is 0 Å². The predicted octanol–water partition coefficient (Wildman–Crippen LogP) is 7.15. The molecule has 0 radical (unpaired) electrons. The van der Waals surface area contributed by atoms with Gasteiger partial charge < -0.3 is 25.6 Å². The number of aliphatic carboxylic acids is 1. The van der Waals surface area contributed by atoms with Crippen LogP contribution in [-0.2, 0) is 19.6 Å². The number of nitrogens with one attached hydrogen (secondary N) is 3. The summed E-state index contributed by atoms with van der Waals surface area (Å²) in [6, 6.07) is 13.1. The van der Waals surface area contributed by atoms with Gasteiger partial charge >= 0.3 is 18.1 Å². The Morgan fingerprint density at radius 3 is 2.13 bits per heavy atom. The third-order valence-electron chi connectivity index (χ3n) is 6.18. The first-order chi connectivity index (χ1) is 21.5. The number of amides is 3. The lowest BCUT2D eigenvalue weighted by Gasteiger charge is -2.26. The van der Waals surface area contributed by atoms with Crippen LogP contribution in [0.4, 0.5) is 26.7 Å². The number of carbonyl (C=O) groups excluding carboxylic acids is 2. The highest BCUT2D eigenvalue weighted by Gasteiger charge is 2.31. The van der Waals surface area contributed by atoms with Gasteiger partial charge in [-0.25, -0.2) is 27.5 Å². The van der Waals surface area contributed by atoms with Gasteiger partial charge in [0.2, 0.25) is 10.0 Å². The molecular weight excluding hydrogens is 683 g/mol. The van der Waals surface area contributed by atoms with E-state index in [-0.39, 0.29) is 57.9 Å². The SMILES string of the molecule is CC(C)(C)OC(=O)NC(CCCCNS(=O)(=O)c1c(Cl)ccc(N(C(=O)Nc2ccccc2Cl)c2ccccc2Cl)c1O)C(=O)O. The number of phenolic OH excluding ortho intramolecular Hbond substituents is 1. The number of unbranched alkanes of at least 4 members (excludes halogenated alkanes) is 1. The monoisotopic (exact) mass is 714 g/mol. The van der Waals surface area contributed by atoms with Crippen LogP contribution in [0.25, 0.3) is 0 Å². The van der Waals surface area contributed by atoms with E-state index in [0.717, 1.165) is 4.90 Å². The number of aromatic hydroxyl groups is 1. The number of para-hydroxylation sites is 2. The Morgan fingerprint density at radius 1 is 0.891 bits per heavy atom. The van der Waals surface area contributed by atoms with E-state index in [1.165, 1.54) is 24.3 Å². The van der Waals surface area contributed by atoms with Crippen LogP contribution in [0.15, 0.2) is 65.6 Å². The van der Waals surface area contributed by atoms with Gasteiger partial charge in [-0.15, -0.1) is 0 Å². The number of benzene rings is 3. The summed E-state index contributed by atoms with van der Waals surface area (Å²) in [5.74, 6) is -2.11. The summed E-state index contributed by atoms with van der Waals surface area (Å²) >= 11 is 18.9. The number of urea groups is 1. The Kier molecular flexibility index (Phi) is 12.5. The molecule has 5 N–H and O–H groups in total. The fraction of sp³-hybridized carbons (Fsp3) is 0.300. The molecule has 248 valence electrons. The van der Waals surface area contributed by atoms with Crippen LogP contribution in [0.3, 0.4) is 0 Å². The molecule has 0 heterocycles. The van der Waals surface area contributed by atoms with Crippen molar-refractivity contribution in [2.45, 2.75) is 56.6 Å². The second-order valence-electron chi connectivity index (χ2n) is 10.9. The normalized spacial score (nSPS) is 12.2. The zero-order valence-electron chi connectivity index (χ0n) is 25.0. The quantitative estimate of drug-likeness (QED) is 0.123. The molecule has 0 aliphatic rings. The summed E-state index contributed by atoms with van der Waals surface area (Å²) in [5.41, 5.74) is -0.699. The van der Waals surface area contributed by atoms with E-state index in [0.29, 0.717) is 0 Å². The molecule has 16 heteroatoms. The van der Waals surface area contributed by atoms with Gasteiger partial charge in [0.1, 0.15) is 16.5 Å². The molecule has 46 heavy (non-hydrogen) atoms. The number of nitrogens with zero attached hydrogens (tertiary/aromatic N) is 1. The van der Waals surface area contributed by atoms with Crippen LogP contribution in [0.1, 0.15) is 40.0 Å². The Hall–Kier alpha value is -3.75. The maximum atomic E-state index is 13.6. The van der Waals surface area contributed by atoms with Crippen molar-refractivity contribution < 1.29 is 37.8 Å². The number of anilines is 3. The number of rotatable bonds is 12. The van der Waals surface area contributed by atoms with E-state index in [4.69, 9.17) is 39.5 Å². The molecule has 0 aromatic heterocycles. The third-order valence-corrected chi connectivity index (χ3v) is 8.80. The van der Waals surface area contributed by atoms with Crippen LogP contribution in [-0.4, -0.2) is 54.9 Å². The van der Waals surface area contributed by atoms with Gasteiger partial charge in [-0.2, -0.15) is 0 Å². The van der Waals surface area contributed by atoms with E-state index < -0.39 is 50.4 Å². The zero-order chi connectivity index (χ0) is 34.2. The van der Waals surface area contributed by atoms with Crippen molar-refractivity contribution >= 4 is 80.0 Å². The molecule has 0 bridgehead atoms. The Labute approximate surface area is 281 Å². The van der Waals surface area contributed by atoms with Crippen molar-refractivity contribution in [3.8, 4) is 5.75 Å². The molecule has 0 spiro atoms. The van der Waals surface area contributed by atoms with Crippen molar-refractivity contribution in [2.24, 2.45) is 0 Å². The van der Waals surface area contributed by atoms with Gasteiger partial charge in [-0.1, -0.05) is 59.1 Å². The number of alkyl carbamates (subject to hydrolysis) is 1. The Balaban J connectivity index is 1.81. The molecule has 0 aliphatic carbocycles. The van der Waals surface area contributed by atoms with Crippen LogP contribution in [0.2, 0.25) is 15.1 Å². The third kappa shape index (κ3) is 9.87. The van der Waals surface area contributed by atoms with E-state index in [9.17, 15) is 33.0 Å². The molecule has 3 rings (SSSR count). The van der Waals surface area contributed by atoms with E-state index in [2.05, 4.69) is 15.4 Å². The number of carbonyl (C=O) groups is 3. The predicted molar refractivity (Wildman–Crippen MR) is 177 cm³/mol. The van der Waals surface area contributed by atoms with Crippen LogP contribution >= 0.6 is 34.8 Å². The molecule has 0 fully saturated rings. The van der Waals surface area contributed by atoms with Crippen molar-refractivity contribution in [2.75, 3.05) is 16.8 Å². The van der Waals surface area contributed by atoms with Gasteiger partial charge in [0.15, 0.2) is 5.75 Å². The van der Waals surface area contributed by atoms with E-state index in [1.807, 2.05) is 0 Å². The van der Waals surface area contributed by atoms with Gasteiger partial charge in [-0.05, 0) is 76.4 Å². The molecule has 3 amide bonds. The second-order valence-corrected chi connectivity index (χ2v) is 13.8. The summed E-state index contributed by atoms with van der Waals surface area (Å²) in [6.07, 6.45) is -0.525. The number of phenols is 1. The Bertz CT molecular complexity index is 1700. The molecule has 3 aromatic rings. The summed E-state index contributed by atoms with van der Waals surface area (Å²) in [5, 5.41) is 25.7. The fourth-order valence-corrected chi connectivity index (χ4v) is 6.25. The lowest BCUT2D eigenvalue weighted by Crippen LogP contribution is -2.43. The van der Waals surface area contributed by atoms with Gasteiger partial charge in [-0.3, -0.25) is 4.90 Å². The topological polar surface area (TPSA) is 174 Å². The summed E-state index contributed by atoms with van der Waals surface area (Å²) < 4.78 is 34.1. The van der Waals surface area contributed by atoms with Crippen molar-refractivity contribution in [3.63, 3.8) is 0 Å². The highest BCUT2D eigenvalue weighted by molar-refractivity contribution is 7.89. The Morgan fingerprint density at radius 2 is 1.52 bits per heavy atom. The zero-order valence-corrected chi connectivity index (χ0v) is 28.1. The fourth-order valence-electron chi connectivity index (χ4n) is 4.15. The average Bonchev–Trinajstić information content (AvgIpc) is 2.94. The second kappa shape index (κ2) is 15.7. The first kappa shape index (κ1) is 36.7. The van der Waals surface area contributed by atoms with Crippen LogP contribution in [0, 0.1) is 0 Å². The van der Waals surface area contributed by atoms with Crippen molar-refractivity contribution in [1.29, 1.82) is 0 Å². The molecule has 0 aliphatic heterocycles. The highest BCUT2D eigenvalue weighted by Crippen LogP contribution is 2.43. The smallest absolute Gasteiger partial charge is 0.408 e. The van der Waals surface area contributed by atoms with Gasteiger partial charge in [0, 0.05) is 6.54 Å². The number of sulfonamides is 1. The summed E-state index contributed by atoms with van der Waals surface area (Å²) in [6.45, 7) is 4.75. The van der Waals surface area contributed by atoms with Crippen molar-refractivity contribution in [1.82, 2.24) is 10.0 Å². The number of carboxylic acids is 1. The highest BCUT2D eigenvalue weighted by atomic mass is 35.5. The summed E-state index contributed by atoms with van der Waals surface area (Å²) in [4.78, 5) is 37.5. The molecule has 0 saturated carbocycles. The lowest BCUT2D eigenvalue weighted by molar-refractivity contribution is -0.139. The number of carboxylic acid groups (broad SMARTS) is 1. The number of hydrogen-bond donors (Lipinski definition) is 5. The summed E-state index contributed by atoms with van der Waals surface area (Å²) in [7, 11) is -4.47. The molecule has 3 aromatic carbocycles. The van der Waals surface area contributed by atoms with Crippen LogP contribution < -0.4 is 20.3 Å². The molecule has 12 nitrogen and oxygen atoms in total. The maximum Gasteiger partial charge on any atom is 0.408 e. The first-order valence-electron chi connectivity index (χ1n) is 13.9. The minimum absolute atomic E-state index is 0.00880. The van der Waals surface area contributed by atoms with Crippen LogP contribution in [0.5, 0.6) is 5.75 Å².